The van der Waals surface area contributed by atoms with Crippen molar-refractivity contribution >= 4 is 17.5 Å². The summed E-state index contributed by atoms with van der Waals surface area (Å²) in [6.45, 7) is 5.44. The van der Waals surface area contributed by atoms with Crippen LogP contribution in [0.4, 0.5) is 0 Å². The lowest BCUT2D eigenvalue weighted by Gasteiger charge is -2.15. The summed E-state index contributed by atoms with van der Waals surface area (Å²) in [5.74, 6) is 0.194. The van der Waals surface area contributed by atoms with Crippen molar-refractivity contribution in [3.05, 3.63) is 28.8 Å². The average molecular weight is 285 g/mol. The van der Waals surface area contributed by atoms with E-state index in [9.17, 15) is 4.79 Å². The molecule has 1 atom stereocenters. The molecule has 1 amide bonds. The first-order valence-electron chi connectivity index (χ1n) is 6.48. The van der Waals surface area contributed by atoms with Crippen molar-refractivity contribution in [1.82, 2.24) is 5.32 Å². The minimum absolute atomic E-state index is 0.187. The lowest BCUT2D eigenvalue weighted by atomic mass is 10.1. The van der Waals surface area contributed by atoms with Gasteiger partial charge in [-0.05, 0) is 37.6 Å². The molecule has 1 unspecified atom stereocenters. The molecule has 4 nitrogen and oxygen atoms in total. The Hall–Kier alpha value is -1.26. The highest BCUT2D eigenvalue weighted by Crippen LogP contribution is 2.28. The molecule has 5 heteroatoms. The smallest absolute Gasteiger partial charge is 0.220 e. The van der Waals surface area contributed by atoms with Gasteiger partial charge in [-0.15, -0.1) is 0 Å². The van der Waals surface area contributed by atoms with Crippen molar-refractivity contribution in [1.29, 1.82) is 0 Å². The Kier molecular flexibility index (Phi) is 6.67. The first kappa shape index (κ1) is 15.8. The molecular weight excluding hydrogens is 264 g/mol. The predicted molar refractivity (Wildman–Crippen MR) is 77.5 cm³/mol. The maximum atomic E-state index is 10.6. The zero-order valence-corrected chi connectivity index (χ0v) is 12.2. The van der Waals surface area contributed by atoms with Gasteiger partial charge in [-0.2, -0.15) is 0 Å². The minimum atomic E-state index is -0.384. The van der Waals surface area contributed by atoms with E-state index in [-0.39, 0.29) is 25.0 Å². The lowest BCUT2D eigenvalue weighted by molar-refractivity contribution is -0.118. The summed E-state index contributed by atoms with van der Waals surface area (Å²) < 4.78 is 5.41. The third-order valence-electron chi connectivity index (χ3n) is 2.76. The first-order valence-corrected chi connectivity index (χ1v) is 6.86. The normalized spacial score (nSPS) is 12.2. The van der Waals surface area contributed by atoms with E-state index in [4.69, 9.17) is 22.1 Å². The fourth-order valence-electron chi connectivity index (χ4n) is 1.64. The van der Waals surface area contributed by atoms with Crippen molar-refractivity contribution in [2.45, 2.75) is 32.7 Å². The summed E-state index contributed by atoms with van der Waals surface area (Å²) in [7, 11) is 0. The van der Waals surface area contributed by atoms with Gasteiger partial charge in [0.2, 0.25) is 5.91 Å². The molecule has 0 heterocycles. The number of halogens is 1. The van der Waals surface area contributed by atoms with Crippen LogP contribution in [0.3, 0.4) is 0 Å². The second-order valence-corrected chi connectivity index (χ2v) is 4.84. The zero-order chi connectivity index (χ0) is 14.3. The van der Waals surface area contributed by atoms with Crippen molar-refractivity contribution in [2.75, 3.05) is 13.2 Å². The number of primary amides is 1. The van der Waals surface area contributed by atoms with E-state index >= 15 is 0 Å². The Labute approximate surface area is 119 Å². The Bertz CT molecular complexity index is 424. The van der Waals surface area contributed by atoms with Crippen LogP contribution in [-0.2, 0) is 4.79 Å². The van der Waals surface area contributed by atoms with Gasteiger partial charge >= 0.3 is 0 Å². The second-order valence-electron chi connectivity index (χ2n) is 4.43. The molecule has 0 aliphatic rings. The molecular formula is C14H21ClN2O2. The molecule has 0 bridgehead atoms. The van der Waals surface area contributed by atoms with Gasteiger partial charge in [0.05, 0.1) is 18.1 Å². The van der Waals surface area contributed by atoms with Crippen molar-refractivity contribution in [2.24, 2.45) is 5.73 Å². The maximum absolute atomic E-state index is 10.6. The summed E-state index contributed by atoms with van der Waals surface area (Å²) in [6.07, 6.45) is 1.28. The number of benzene rings is 1. The van der Waals surface area contributed by atoms with Gasteiger partial charge in [-0.25, -0.2) is 0 Å². The Morgan fingerprint density at radius 3 is 2.84 bits per heavy atom. The Morgan fingerprint density at radius 2 is 2.26 bits per heavy atom. The molecule has 3 N–H and O–H groups in total. The average Bonchev–Trinajstić information content (AvgIpc) is 2.37. The molecule has 19 heavy (non-hydrogen) atoms. The number of carbonyl (C=O) groups excluding carboxylic acids is 1. The third kappa shape index (κ3) is 5.49. The first-order chi connectivity index (χ1) is 9.04. The number of amides is 1. The Balaban J connectivity index is 2.60. The number of hydrogen-bond donors (Lipinski definition) is 2. The molecule has 1 aromatic carbocycles. The highest BCUT2D eigenvalue weighted by Gasteiger charge is 2.08. The predicted octanol–water partition coefficient (Wildman–Crippen LogP) is 2.65. The third-order valence-corrected chi connectivity index (χ3v) is 3.06. The van der Waals surface area contributed by atoms with Crippen LogP contribution < -0.4 is 15.8 Å². The van der Waals surface area contributed by atoms with Crippen LogP contribution in [0.5, 0.6) is 5.75 Å². The van der Waals surface area contributed by atoms with Crippen molar-refractivity contribution in [3.63, 3.8) is 0 Å². The van der Waals surface area contributed by atoms with Gasteiger partial charge in [-0.1, -0.05) is 24.6 Å². The Morgan fingerprint density at radius 1 is 1.53 bits per heavy atom. The summed E-state index contributed by atoms with van der Waals surface area (Å²) in [5.41, 5.74) is 6.16. The zero-order valence-electron chi connectivity index (χ0n) is 11.4. The summed E-state index contributed by atoms with van der Waals surface area (Å²) in [5, 5.41) is 3.94. The summed E-state index contributed by atoms with van der Waals surface area (Å²) >= 11 is 6.15. The van der Waals surface area contributed by atoms with Gasteiger partial charge in [0.15, 0.2) is 0 Å². The van der Waals surface area contributed by atoms with Crippen molar-refractivity contribution < 1.29 is 9.53 Å². The number of hydrogen-bond acceptors (Lipinski definition) is 3. The molecule has 106 valence electrons. The van der Waals surface area contributed by atoms with Crippen LogP contribution in [0.15, 0.2) is 18.2 Å². The molecule has 0 spiro atoms. The minimum Gasteiger partial charge on any atom is -0.491 e. The van der Waals surface area contributed by atoms with Gasteiger partial charge in [0.25, 0.3) is 0 Å². The maximum Gasteiger partial charge on any atom is 0.220 e. The summed E-state index contributed by atoms with van der Waals surface area (Å²) in [6, 6.07) is 5.92. The van der Waals surface area contributed by atoms with Gasteiger partial charge in [0.1, 0.15) is 5.75 Å². The SMILES string of the molecule is CCCNC(C)c1ccc(OCCC(N)=O)c(Cl)c1. The van der Waals surface area contributed by atoms with E-state index < -0.39 is 0 Å². The molecule has 1 rings (SSSR count). The monoisotopic (exact) mass is 284 g/mol. The van der Waals surface area contributed by atoms with Gasteiger partial charge < -0.3 is 15.8 Å². The van der Waals surface area contributed by atoms with E-state index in [0.29, 0.717) is 10.8 Å². The van der Waals surface area contributed by atoms with E-state index in [0.717, 1.165) is 18.5 Å². The molecule has 0 aliphatic carbocycles. The van der Waals surface area contributed by atoms with Gasteiger partial charge in [0, 0.05) is 6.04 Å². The molecule has 0 radical (unpaired) electrons. The van der Waals surface area contributed by atoms with Crippen LogP contribution in [-0.4, -0.2) is 19.1 Å². The van der Waals surface area contributed by atoms with E-state index in [1.807, 2.05) is 18.2 Å². The number of nitrogens with one attached hydrogen (secondary N) is 1. The van der Waals surface area contributed by atoms with Crippen LogP contribution in [0.25, 0.3) is 0 Å². The molecule has 0 aromatic heterocycles. The fourth-order valence-corrected chi connectivity index (χ4v) is 1.89. The highest BCUT2D eigenvalue weighted by molar-refractivity contribution is 6.32. The van der Waals surface area contributed by atoms with Crippen LogP contribution in [0.1, 0.15) is 38.3 Å². The van der Waals surface area contributed by atoms with Crippen molar-refractivity contribution in [3.8, 4) is 5.75 Å². The summed E-state index contributed by atoms with van der Waals surface area (Å²) in [4.78, 5) is 10.6. The standard InChI is InChI=1S/C14H21ClN2O2/c1-3-7-17-10(2)11-4-5-13(12(15)9-11)19-8-6-14(16)18/h4-5,9-10,17H,3,6-8H2,1-2H3,(H2,16,18). The second kappa shape index (κ2) is 8.02. The van der Waals surface area contributed by atoms with Crippen LogP contribution in [0.2, 0.25) is 5.02 Å². The molecule has 0 saturated carbocycles. The molecule has 1 aromatic rings. The van der Waals surface area contributed by atoms with Crippen LogP contribution in [0, 0.1) is 0 Å². The number of rotatable bonds is 8. The van der Waals surface area contributed by atoms with E-state index in [2.05, 4.69) is 19.2 Å². The fraction of sp³-hybridized carbons (Fsp3) is 0.500. The van der Waals surface area contributed by atoms with Gasteiger partial charge in [-0.3, -0.25) is 4.79 Å². The molecule has 0 fully saturated rings. The molecule has 0 aliphatic heterocycles. The number of ether oxygens (including phenoxy) is 1. The highest BCUT2D eigenvalue weighted by atomic mass is 35.5. The van der Waals surface area contributed by atoms with Crippen LogP contribution >= 0.6 is 11.6 Å². The van der Waals surface area contributed by atoms with E-state index in [1.54, 1.807) is 0 Å². The molecule has 0 saturated heterocycles. The largest absolute Gasteiger partial charge is 0.491 e. The topological polar surface area (TPSA) is 64.3 Å². The quantitative estimate of drug-likeness (QED) is 0.771. The number of nitrogens with two attached hydrogens (primary N) is 1. The van der Waals surface area contributed by atoms with E-state index in [1.165, 1.54) is 0 Å². The lowest BCUT2D eigenvalue weighted by Crippen LogP contribution is -2.19. The number of carbonyl (C=O) groups is 1.